The second-order valence-corrected chi connectivity index (χ2v) is 6.35. The topological polar surface area (TPSA) is 49.6 Å². The number of likely N-dealkylation sites (tertiary alicyclic amines) is 1. The molecule has 0 saturated carbocycles. The van der Waals surface area contributed by atoms with E-state index in [9.17, 15) is 4.79 Å². The van der Waals surface area contributed by atoms with E-state index in [-0.39, 0.29) is 5.91 Å². The first-order valence-corrected chi connectivity index (χ1v) is 8.03. The molecule has 0 unspecified atom stereocenters. The number of fused-ring (bicyclic) bond motifs is 1. The van der Waals surface area contributed by atoms with E-state index in [1.807, 2.05) is 34.8 Å². The second kappa shape index (κ2) is 6.08. The van der Waals surface area contributed by atoms with Crippen molar-refractivity contribution in [1.29, 1.82) is 0 Å². The predicted molar refractivity (Wildman–Crippen MR) is 87.3 cm³/mol. The van der Waals surface area contributed by atoms with Gasteiger partial charge in [0.15, 0.2) is 0 Å². The maximum atomic E-state index is 13.0. The number of carbonyl (C=O) groups is 1. The van der Waals surface area contributed by atoms with Crippen molar-refractivity contribution in [2.45, 2.75) is 38.6 Å². The molecule has 22 heavy (non-hydrogen) atoms. The van der Waals surface area contributed by atoms with Gasteiger partial charge in [0.25, 0.3) is 5.91 Å². The van der Waals surface area contributed by atoms with Crippen molar-refractivity contribution in [2.75, 3.05) is 20.1 Å². The summed E-state index contributed by atoms with van der Waals surface area (Å²) < 4.78 is 1.93. The van der Waals surface area contributed by atoms with Crippen LogP contribution >= 0.6 is 0 Å². The monoisotopic (exact) mass is 300 g/mol. The van der Waals surface area contributed by atoms with Crippen molar-refractivity contribution < 1.29 is 4.79 Å². The maximum absolute atomic E-state index is 13.0. The summed E-state index contributed by atoms with van der Waals surface area (Å²) in [5.74, 6) is 0.448. The van der Waals surface area contributed by atoms with Crippen molar-refractivity contribution in [2.24, 2.45) is 0 Å². The number of amides is 1. The molecule has 1 aliphatic heterocycles. The molecular formula is C17H24N4O. The van der Waals surface area contributed by atoms with Crippen LogP contribution in [-0.2, 0) is 0 Å². The number of piperidine rings is 1. The predicted octanol–water partition coefficient (Wildman–Crippen LogP) is 2.28. The average Bonchev–Trinajstić information content (AvgIpc) is 3.00. The van der Waals surface area contributed by atoms with Crippen LogP contribution in [0.5, 0.6) is 0 Å². The molecule has 1 fully saturated rings. The summed E-state index contributed by atoms with van der Waals surface area (Å²) >= 11 is 0. The number of imidazole rings is 1. The van der Waals surface area contributed by atoms with E-state index in [2.05, 4.69) is 24.1 Å². The highest BCUT2D eigenvalue weighted by Crippen LogP contribution is 2.24. The minimum absolute atomic E-state index is 0.147. The van der Waals surface area contributed by atoms with Gasteiger partial charge in [0, 0.05) is 37.7 Å². The molecule has 0 spiro atoms. The lowest BCUT2D eigenvalue weighted by molar-refractivity contribution is 0.0705. The Kier molecular flexibility index (Phi) is 4.16. The second-order valence-electron chi connectivity index (χ2n) is 6.35. The Morgan fingerprint density at radius 3 is 2.73 bits per heavy atom. The summed E-state index contributed by atoms with van der Waals surface area (Å²) in [6.45, 7) is 5.89. The Morgan fingerprint density at radius 2 is 2.09 bits per heavy atom. The van der Waals surface area contributed by atoms with Crippen LogP contribution in [0.3, 0.4) is 0 Å². The van der Waals surface area contributed by atoms with Gasteiger partial charge in [-0.15, -0.1) is 0 Å². The molecular weight excluding hydrogens is 276 g/mol. The number of hydrogen-bond acceptors (Lipinski definition) is 3. The number of pyridine rings is 1. The first-order chi connectivity index (χ1) is 10.6. The fourth-order valence-corrected chi connectivity index (χ4v) is 3.17. The Morgan fingerprint density at radius 1 is 1.36 bits per heavy atom. The van der Waals surface area contributed by atoms with Gasteiger partial charge in [-0.3, -0.25) is 4.79 Å². The first-order valence-electron chi connectivity index (χ1n) is 8.03. The van der Waals surface area contributed by atoms with E-state index in [0.717, 1.165) is 42.7 Å². The Bertz CT molecular complexity index is 668. The molecule has 118 valence electrons. The summed E-state index contributed by atoms with van der Waals surface area (Å²) in [5.41, 5.74) is 2.79. The molecule has 3 heterocycles. The van der Waals surface area contributed by atoms with Gasteiger partial charge >= 0.3 is 0 Å². The zero-order valence-electron chi connectivity index (χ0n) is 13.5. The van der Waals surface area contributed by atoms with Gasteiger partial charge in [-0.25, -0.2) is 4.98 Å². The van der Waals surface area contributed by atoms with Crippen LogP contribution in [0, 0.1) is 0 Å². The lowest BCUT2D eigenvalue weighted by Crippen LogP contribution is -2.44. The van der Waals surface area contributed by atoms with Gasteiger partial charge < -0.3 is 14.6 Å². The molecule has 0 atom stereocenters. The number of rotatable bonds is 3. The standard InChI is InChI=1S/C17H24N4O/c1-12(2)14-10-16-19-6-9-21(16)11-15(14)17(22)20-7-4-13(18-3)5-8-20/h6,9-13,18H,4-5,7-8H2,1-3H3. The number of nitrogens with one attached hydrogen (secondary N) is 1. The van der Waals surface area contributed by atoms with Crippen LogP contribution in [0.15, 0.2) is 24.7 Å². The molecule has 1 amide bonds. The van der Waals surface area contributed by atoms with Crippen molar-refractivity contribution in [3.63, 3.8) is 0 Å². The highest BCUT2D eigenvalue weighted by atomic mass is 16.2. The van der Waals surface area contributed by atoms with Crippen molar-refractivity contribution in [1.82, 2.24) is 19.6 Å². The summed E-state index contributed by atoms with van der Waals surface area (Å²) in [6.07, 6.45) is 7.64. The summed E-state index contributed by atoms with van der Waals surface area (Å²) in [5, 5.41) is 3.30. The molecule has 0 bridgehead atoms. The maximum Gasteiger partial charge on any atom is 0.255 e. The van der Waals surface area contributed by atoms with Gasteiger partial charge in [0.05, 0.1) is 5.56 Å². The minimum Gasteiger partial charge on any atom is -0.338 e. The lowest BCUT2D eigenvalue weighted by Gasteiger charge is -2.32. The molecule has 1 saturated heterocycles. The zero-order chi connectivity index (χ0) is 15.7. The number of aromatic nitrogens is 2. The van der Waals surface area contributed by atoms with Crippen LogP contribution in [-0.4, -0.2) is 46.4 Å². The van der Waals surface area contributed by atoms with Gasteiger partial charge in [0.2, 0.25) is 0 Å². The molecule has 0 aromatic carbocycles. The van der Waals surface area contributed by atoms with Crippen molar-refractivity contribution in [3.8, 4) is 0 Å². The largest absolute Gasteiger partial charge is 0.338 e. The van der Waals surface area contributed by atoms with E-state index in [1.54, 1.807) is 6.20 Å². The van der Waals surface area contributed by atoms with Crippen LogP contribution in [0.4, 0.5) is 0 Å². The third-order valence-electron chi connectivity index (χ3n) is 4.61. The first kappa shape index (κ1) is 15.0. The molecule has 3 rings (SSSR count). The Balaban J connectivity index is 1.91. The van der Waals surface area contributed by atoms with Gasteiger partial charge in [-0.1, -0.05) is 13.8 Å². The van der Waals surface area contributed by atoms with Crippen LogP contribution in [0.25, 0.3) is 5.65 Å². The molecule has 0 aliphatic carbocycles. The SMILES string of the molecule is CNC1CCN(C(=O)c2cn3ccnc3cc2C(C)C)CC1. The molecule has 5 heteroatoms. The highest BCUT2D eigenvalue weighted by molar-refractivity contribution is 5.96. The van der Waals surface area contributed by atoms with Crippen LogP contribution in [0.2, 0.25) is 0 Å². The smallest absolute Gasteiger partial charge is 0.255 e. The lowest BCUT2D eigenvalue weighted by atomic mass is 9.97. The molecule has 0 radical (unpaired) electrons. The van der Waals surface area contributed by atoms with Crippen LogP contribution in [0.1, 0.15) is 48.5 Å². The fourth-order valence-electron chi connectivity index (χ4n) is 3.17. The number of carbonyl (C=O) groups excluding carboxylic acids is 1. The van der Waals surface area contributed by atoms with E-state index in [4.69, 9.17) is 0 Å². The Hall–Kier alpha value is -1.88. The zero-order valence-corrected chi connectivity index (χ0v) is 13.5. The summed E-state index contributed by atoms with van der Waals surface area (Å²) in [4.78, 5) is 19.3. The third-order valence-corrected chi connectivity index (χ3v) is 4.61. The van der Waals surface area contributed by atoms with Crippen LogP contribution < -0.4 is 5.32 Å². The number of nitrogens with zero attached hydrogens (tertiary/aromatic N) is 3. The number of hydrogen-bond donors (Lipinski definition) is 1. The van der Waals surface area contributed by atoms with Gasteiger partial charge in [-0.05, 0) is 37.4 Å². The minimum atomic E-state index is 0.147. The summed E-state index contributed by atoms with van der Waals surface area (Å²) in [6, 6.07) is 2.57. The molecule has 1 aliphatic rings. The van der Waals surface area contributed by atoms with Crippen molar-refractivity contribution >= 4 is 11.6 Å². The highest BCUT2D eigenvalue weighted by Gasteiger charge is 2.25. The van der Waals surface area contributed by atoms with E-state index >= 15 is 0 Å². The molecule has 2 aromatic rings. The molecule has 1 N–H and O–H groups in total. The van der Waals surface area contributed by atoms with Crippen molar-refractivity contribution in [3.05, 3.63) is 35.8 Å². The fraction of sp³-hybridized carbons (Fsp3) is 0.529. The van der Waals surface area contributed by atoms with E-state index in [1.165, 1.54) is 0 Å². The van der Waals surface area contributed by atoms with Gasteiger partial charge in [-0.2, -0.15) is 0 Å². The van der Waals surface area contributed by atoms with Gasteiger partial charge in [0.1, 0.15) is 5.65 Å². The third kappa shape index (κ3) is 2.73. The summed E-state index contributed by atoms with van der Waals surface area (Å²) in [7, 11) is 1.99. The average molecular weight is 300 g/mol. The van der Waals surface area contributed by atoms with E-state index < -0.39 is 0 Å². The quantitative estimate of drug-likeness (QED) is 0.946. The molecule has 5 nitrogen and oxygen atoms in total. The normalized spacial score (nSPS) is 16.6. The Labute approximate surface area is 131 Å². The van der Waals surface area contributed by atoms with E-state index in [0.29, 0.717) is 12.0 Å². The molecule has 2 aromatic heterocycles.